The van der Waals surface area contributed by atoms with Crippen LogP contribution in [0.25, 0.3) is 11.1 Å². The highest BCUT2D eigenvalue weighted by molar-refractivity contribution is 7.89. The molecule has 3 fully saturated rings. The number of rotatable bonds is 5. The third-order valence-electron chi connectivity index (χ3n) is 6.71. The lowest BCUT2D eigenvalue weighted by Crippen LogP contribution is -2.72. The standard InChI is InChI=1S/C26H26FN3O3S/c1-29(2)26(31)20-9-5-18(6-10-20)17-3-7-19(8-4-17)25-23-15-30(16-24(25)28-23)34(32,33)22-13-11-21(27)12-14-22/h3-14,23-25,28H,15-16H2,1-2H3/t23-,24+,25?. The Balaban J connectivity index is 1.28. The van der Waals surface area contributed by atoms with E-state index in [0.717, 1.165) is 11.1 Å². The minimum absolute atomic E-state index is 0.0265. The van der Waals surface area contributed by atoms with Gasteiger partial charge in [-0.1, -0.05) is 36.4 Å². The number of carbonyl (C=O) groups is 1. The number of halogens is 1. The molecule has 3 aromatic rings. The van der Waals surface area contributed by atoms with Gasteiger partial charge >= 0.3 is 0 Å². The molecule has 0 saturated carbocycles. The van der Waals surface area contributed by atoms with Crippen LogP contribution >= 0.6 is 0 Å². The third-order valence-corrected chi connectivity index (χ3v) is 8.56. The summed E-state index contributed by atoms with van der Waals surface area (Å²) in [7, 11) is -0.179. The SMILES string of the molecule is CN(C)C(=O)c1ccc(-c2ccc(C3[C@@H]4CN(S(=O)(=O)c5ccc(F)cc5)C[C@H]3N4)cc2)cc1. The molecule has 34 heavy (non-hydrogen) atoms. The molecule has 3 atom stereocenters. The van der Waals surface area contributed by atoms with Gasteiger partial charge in [-0.3, -0.25) is 4.79 Å². The van der Waals surface area contributed by atoms with Crippen molar-refractivity contribution in [3.05, 3.63) is 89.7 Å². The Hall–Kier alpha value is -3.07. The molecule has 6 rings (SSSR count). The summed E-state index contributed by atoms with van der Waals surface area (Å²) in [5, 5.41) is 3.46. The second kappa shape index (κ2) is 8.61. The van der Waals surface area contributed by atoms with Crippen LogP contribution in [-0.2, 0) is 10.0 Å². The van der Waals surface area contributed by atoms with Crippen LogP contribution in [-0.4, -0.2) is 62.8 Å². The van der Waals surface area contributed by atoms with Crippen molar-refractivity contribution in [3.63, 3.8) is 0 Å². The molecule has 3 aromatic carbocycles. The van der Waals surface area contributed by atoms with Gasteiger partial charge in [-0.2, -0.15) is 4.31 Å². The zero-order valence-corrected chi connectivity index (χ0v) is 19.8. The molecule has 2 bridgehead atoms. The van der Waals surface area contributed by atoms with Gasteiger partial charge in [0.2, 0.25) is 10.0 Å². The van der Waals surface area contributed by atoms with Gasteiger partial charge in [0.05, 0.1) is 4.90 Å². The summed E-state index contributed by atoms with van der Waals surface area (Å²) in [6.45, 7) is 0.758. The number of hydrogen-bond acceptors (Lipinski definition) is 4. The summed E-state index contributed by atoms with van der Waals surface area (Å²) in [4.78, 5) is 13.8. The highest BCUT2D eigenvalue weighted by atomic mass is 32.2. The number of amides is 1. The minimum atomic E-state index is -3.65. The number of piperidine rings is 1. The van der Waals surface area contributed by atoms with Gasteiger partial charge in [-0.15, -0.1) is 0 Å². The van der Waals surface area contributed by atoms with Crippen LogP contribution in [0.1, 0.15) is 21.8 Å². The predicted octanol–water partition coefficient (Wildman–Crippen LogP) is 3.32. The van der Waals surface area contributed by atoms with E-state index in [9.17, 15) is 17.6 Å². The second-order valence-corrected chi connectivity index (χ2v) is 11.0. The average molecular weight is 480 g/mol. The second-order valence-electron chi connectivity index (χ2n) is 9.08. The summed E-state index contributed by atoms with van der Waals surface area (Å²) < 4.78 is 40.6. The van der Waals surface area contributed by atoms with Crippen molar-refractivity contribution in [2.24, 2.45) is 0 Å². The molecule has 176 valence electrons. The van der Waals surface area contributed by atoms with E-state index >= 15 is 0 Å². The fraction of sp³-hybridized carbons (Fsp3) is 0.269. The molecule has 3 aliphatic heterocycles. The van der Waals surface area contributed by atoms with Crippen molar-refractivity contribution in [1.82, 2.24) is 14.5 Å². The van der Waals surface area contributed by atoms with E-state index in [1.165, 1.54) is 34.1 Å². The molecule has 1 unspecified atom stereocenters. The molecule has 3 heterocycles. The molecule has 0 aliphatic carbocycles. The summed E-state index contributed by atoms with van der Waals surface area (Å²) in [5.74, 6) is -0.237. The first kappa shape index (κ1) is 22.7. The molecule has 0 radical (unpaired) electrons. The monoisotopic (exact) mass is 479 g/mol. The smallest absolute Gasteiger partial charge is 0.253 e. The van der Waals surface area contributed by atoms with Crippen LogP contribution in [0.5, 0.6) is 0 Å². The van der Waals surface area contributed by atoms with E-state index < -0.39 is 15.8 Å². The number of hydrogen-bond donors (Lipinski definition) is 1. The fourth-order valence-corrected chi connectivity index (χ4v) is 6.36. The zero-order chi connectivity index (χ0) is 24.0. The van der Waals surface area contributed by atoms with Crippen LogP contribution in [0.4, 0.5) is 4.39 Å². The maximum absolute atomic E-state index is 13.2. The number of nitrogens with zero attached hydrogens (tertiary/aromatic N) is 2. The van der Waals surface area contributed by atoms with E-state index in [-0.39, 0.29) is 28.8 Å². The molecule has 0 spiro atoms. The van der Waals surface area contributed by atoms with Gasteiger partial charge in [0.15, 0.2) is 0 Å². The molecular weight excluding hydrogens is 453 g/mol. The molecule has 1 amide bonds. The number of piperazine rings is 1. The molecule has 3 aliphatic rings. The van der Waals surface area contributed by atoms with Crippen molar-refractivity contribution in [2.75, 3.05) is 27.2 Å². The highest BCUT2D eigenvalue weighted by Crippen LogP contribution is 2.39. The van der Waals surface area contributed by atoms with Crippen LogP contribution in [0.3, 0.4) is 0 Å². The molecule has 6 nitrogen and oxygen atoms in total. The van der Waals surface area contributed by atoms with Gasteiger partial charge in [0, 0.05) is 50.7 Å². The minimum Gasteiger partial charge on any atom is -0.345 e. The normalized spacial score (nSPS) is 22.1. The number of benzene rings is 3. The van der Waals surface area contributed by atoms with Gasteiger partial charge in [0.25, 0.3) is 5.91 Å². The van der Waals surface area contributed by atoms with Crippen molar-refractivity contribution >= 4 is 15.9 Å². The summed E-state index contributed by atoms with van der Waals surface area (Å²) in [6.07, 6.45) is 0. The molecule has 3 saturated heterocycles. The summed E-state index contributed by atoms with van der Waals surface area (Å²) in [6, 6.07) is 21.0. The van der Waals surface area contributed by atoms with Gasteiger partial charge < -0.3 is 10.2 Å². The van der Waals surface area contributed by atoms with Gasteiger partial charge in [-0.05, 0) is 53.1 Å². The average Bonchev–Trinajstić information content (AvgIpc) is 2.84. The molecule has 8 heteroatoms. The maximum Gasteiger partial charge on any atom is 0.253 e. The highest BCUT2D eigenvalue weighted by Gasteiger charge is 2.49. The lowest BCUT2D eigenvalue weighted by atomic mass is 9.75. The van der Waals surface area contributed by atoms with Crippen LogP contribution in [0.15, 0.2) is 77.7 Å². The lowest BCUT2D eigenvalue weighted by Gasteiger charge is -2.54. The maximum atomic E-state index is 13.2. The first-order chi connectivity index (χ1) is 16.2. The molecule has 1 N–H and O–H groups in total. The number of sulfonamides is 1. The number of nitrogens with one attached hydrogen (secondary N) is 1. The first-order valence-corrected chi connectivity index (χ1v) is 12.6. The molecular formula is C26H26FN3O3S. The van der Waals surface area contributed by atoms with Crippen molar-refractivity contribution < 1.29 is 17.6 Å². The predicted molar refractivity (Wildman–Crippen MR) is 129 cm³/mol. The Bertz CT molecular complexity index is 1290. The lowest BCUT2D eigenvalue weighted by molar-refractivity contribution is 0.0827. The zero-order valence-electron chi connectivity index (χ0n) is 19.0. The van der Waals surface area contributed by atoms with E-state index in [1.807, 2.05) is 24.3 Å². The Morgan fingerprint density at radius 3 is 1.94 bits per heavy atom. The summed E-state index contributed by atoms with van der Waals surface area (Å²) in [5.41, 5.74) is 3.92. The van der Waals surface area contributed by atoms with Gasteiger partial charge in [-0.25, -0.2) is 12.8 Å². The molecule has 0 aromatic heterocycles. The Morgan fingerprint density at radius 2 is 1.41 bits per heavy atom. The number of fused-ring (bicyclic) bond motifs is 2. The van der Waals surface area contributed by atoms with E-state index in [1.54, 1.807) is 19.0 Å². The third kappa shape index (κ3) is 4.02. The van der Waals surface area contributed by atoms with Crippen LogP contribution < -0.4 is 5.32 Å². The van der Waals surface area contributed by atoms with E-state index in [4.69, 9.17) is 0 Å². The van der Waals surface area contributed by atoms with E-state index in [2.05, 4.69) is 29.6 Å². The topological polar surface area (TPSA) is 69.7 Å². The van der Waals surface area contributed by atoms with Crippen LogP contribution in [0, 0.1) is 5.82 Å². The first-order valence-electron chi connectivity index (χ1n) is 11.2. The largest absolute Gasteiger partial charge is 0.345 e. The number of carbonyl (C=O) groups excluding carboxylic acids is 1. The van der Waals surface area contributed by atoms with Crippen LogP contribution in [0.2, 0.25) is 0 Å². The van der Waals surface area contributed by atoms with Crippen molar-refractivity contribution in [3.8, 4) is 11.1 Å². The summed E-state index contributed by atoms with van der Waals surface area (Å²) >= 11 is 0. The fourth-order valence-electron chi connectivity index (χ4n) is 4.87. The van der Waals surface area contributed by atoms with E-state index in [0.29, 0.717) is 18.7 Å². The Morgan fingerprint density at radius 1 is 0.882 bits per heavy atom. The van der Waals surface area contributed by atoms with Gasteiger partial charge in [0.1, 0.15) is 5.82 Å². The van der Waals surface area contributed by atoms with Crippen molar-refractivity contribution in [1.29, 1.82) is 0 Å². The van der Waals surface area contributed by atoms with Crippen molar-refractivity contribution in [2.45, 2.75) is 22.9 Å². The quantitative estimate of drug-likeness (QED) is 0.610. The Labute approximate surface area is 199 Å². The Kier molecular flexibility index (Phi) is 5.75.